The number of rotatable bonds is 5. The van der Waals surface area contributed by atoms with Crippen molar-refractivity contribution in [2.24, 2.45) is 0 Å². The van der Waals surface area contributed by atoms with Gasteiger partial charge >= 0.3 is 6.18 Å². The number of nitrogens with zero attached hydrogens (tertiary/aromatic N) is 3. The number of aromatic nitrogens is 2. The number of aliphatic hydroxyl groups is 1. The predicted octanol–water partition coefficient (Wildman–Crippen LogP) is 2.15. The van der Waals surface area contributed by atoms with Crippen LogP contribution in [0.4, 0.5) is 13.2 Å². The Morgan fingerprint density at radius 1 is 1.50 bits per heavy atom. The Hall–Kier alpha value is -1.45. The zero-order valence-electron chi connectivity index (χ0n) is 10.5. The van der Waals surface area contributed by atoms with Crippen molar-refractivity contribution in [3.63, 3.8) is 0 Å². The first-order chi connectivity index (χ1) is 9.36. The summed E-state index contributed by atoms with van der Waals surface area (Å²) in [4.78, 5) is 5.36. The van der Waals surface area contributed by atoms with Crippen molar-refractivity contribution >= 4 is 11.3 Å². The highest BCUT2D eigenvalue weighted by atomic mass is 32.1. The molecule has 9 heteroatoms. The van der Waals surface area contributed by atoms with Gasteiger partial charge in [0.2, 0.25) is 0 Å². The van der Waals surface area contributed by atoms with Crippen LogP contribution in [0.1, 0.15) is 5.82 Å². The molecule has 0 aliphatic heterocycles. The first-order valence-corrected chi connectivity index (χ1v) is 6.59. The minimum absolute atomic E-state index is 0.0563. The van der Waals surface area contributed by atoms with Crippen LogP contribution in [-0.2, 0) is 6.54 Å². The molecule has 1 N–H and O–H groups in total. The van der Waals surface area contributed by atoms with E-state index in [1.807, 2.05) is 10.8 Å². The van der Waals surface area contributed by atoms with Gasteiger partial charge < -0.3 is 9.63 Å². The fourth-order valence-corrected chi connectivity index (χ4v) is 2.16. The van der Waals surface area contributed by atoms with E-state index >= 15 is 0 Å². The third kappa shape index (κ3) is 3.78. The van der Waals surface area contributed by atoms with Crippen molar-refractivity contribution < 1.29 is 22.8 Å². The lowest BCUT2D eigenvalue weighted by molar-refractivity contribution is -0.207. The number of aliphatic hydroxyl groups excluding tert-OH is 1. The first-order valence-electron chi connectivity index (χ1n) is 5.64. The van der Waals surface area contributed by atoms with E-state index in [2.05, 4.69) is 10.1 Å². The fourth-order valence-electron chi connectivity index (χ4n) is 1.53. The summed E-state index contributed by atoms with van der Waals surface area (Å²) in [5.74, 6) is 0.592. The van der Waals surface area contributed by atoms with Gasteiger partial charge in [-0.25, -0.2) is 0 Å². The molecule has 0 radical (unpaired) electrons. The minimum atomic E-state index is -4.63. The highest BCUT2D eigenvalue weighted by Gasteiger charge is 2.38. The van der Waals surface area contributed by atoms with E-state index in [1.54, 1.807) is 6.07 Å². The molecule has 2 aromatic heterocycles. The number of hydrogen-bond acceptors (Lipinski definition) is 6. The van der Waals surface area contributed by atoms with E-state index in [0.717, 1.165) is 5.56 Å². The summed E-state index contributed by atoms with van der Waals surface area (Å²) in [6, 6.07) is 1.80. The summed E-state index contributed by atoms with van der Waals surface area (Å²) in [6.07, 6.45) is -7.02. The fraction of sp³-hybridized carbons (Fsp3) is 0.455. The van der Waals surface area contributed by atoms with Crippen molar-refractivity contribution in [2.75, 3.05) is 13.6 Å². The van der Waals surface area contributed by atoms with Gasteiger partial charge in [-0.2, -0.15) is 29.5 Å². The lowest BCUT2D eigenvalue weighted by Crippen LogP contribution is -2.39. The lowest BCUT2D eigenvalue weighted by Gasteiger charge is -2.20. The molecule has 1 atom stereocenters. The molecule has 0 spiro atoms. The molecule has 0 aliphatic rings. The van der Waals surface area contributed by atoms with Gasteiger partial charge in [-0.15, -0.1) is 0 Å². The molecule has 0 saturated heterocycles. The largest absolute Gasteiger partial charge is 0.415 e. The smallest absolute Gasteiger partial charge is 0.382 e. The standard InChI is InChI=1S/C11H12F3N3O2S/c1-17(4-8(18)11(12,13)14)5-9-15-10(19-16-9)7-2-3-20-6-7/h2-3,6,8,18H,4-5H2,1H3. The normalized spacial score (nSPS) is 13.9. The van der Waals surface area contributed by atoms with Crippen LogP contribution in [0, 0.1) is 0 Å². The molecular weight excluding hydrogens is 295 g/mol. The molecular formula is C11H12F3N3O2S. The molecule has 0 aliphatic carbocycles. The third-order valence-electron chi connectivity index (χ3n) is 2.51. The molecule has 0 bridgehead atoms. The second kappa shape index (κ2) is 5.90. The molecule has 2 heterocycles. The number of halogens is 3. The Balaban J connectivity index is 1.94. The van der Waals surface area contributed by atoms with Crippen LogP contribution in [0.5, 0.6) is 0 Å². The van der Waals surface area contributed by atoms with Gasteiger partial charge in [0, 0.05) is 11.9 Å². The van der Waals surface area contributed by atoms with Crippen LogP contribution in [0.2, 0.25) is 0 Å². The second-order valence-corrected chi connectivity index (χ2v) is 5.06. The molecule has 0 fully saturated rings. The van der Waals surface area contributed by atoms with E-state index < -0.39 is 18.8 Å². The summed E-state index contributed by atoms with van der Waals surface area (Å²) in [5.41, 5.74) is 0.770. The molecule has 0 amide bonds. The molecule has 2 aromatic rings. The number of alkyl halides is 3. The summed E-state index contributed by atoms with van der Waals surface area (Å²) >= 11 is 1.47. The third-order valence-corrected chi connectivity index (χ3v) is 3.19. The van der Waals surface area contributed by atoms with Gasteiger partial charge in [-0.3, -0.25) is 4.90 Å². The Morgan fingerprint density at radius 2 is 2.25 bits per heavy atom. The van der Waals surface area contributed by atoms with Crippen LogP contribution < -0.4 is 0 Å². The van der Waals surface area contributed by atoms with E-state index in [0.29, 0.717) is 5.89 Å². The first kappa shape index (κ1) is 14.9. The van der Waals surface area contributed by atoms with Crippen molar-refractivity contribution in [2.45, 2.75) is 18.8 Å². The van der Waals surface area contributed by atoms with Gasteiger partial charge in [0.25, 0.3) is 5.89 Å². The average Bonchev–Trinajstić information content (AvgIpc) is 2.96. The summed E-state index contributed by atoms with van der Waals surface area (Å²) in [6.45, 7) is -0.493. The van der Waals surface area contributed by atoms with Gasteiger partial charge in [0.1, 0.15) is 0 Å². The highest BCUT2D eigenvalue weighted by Crippen LogP contribution is 2.22. The quantitative estimate of drug-likeness (QED) is 0.917. The molecule has 110 valence electrons. The van der Waals surface area contributed by atoms with Crippen molar-refractivity contribution in [1.82, 2.24) is 15.0 Å². The summed E-state index contributed by atoms with van der Waals surface area (Å²) in [7, 11) is 1.44. The van der Waals surface area contributed by atoms with Gasteiger partial charge in [-0.1, -0.05) is 5.16 Å². The monoisotopic (exact) mass is 307 g/mol. The lowest BCUT2D eigenvalue weighted by atomic mass is 10.3. The Morgan fingerprint density at radius 3 is 2.85 bits per heavy atom. The number of likely N-dealkylation sites (N-methyl/N-ethyl adjacent to an activating group) is 1. The molecule has 0 aromatic carbocycles. The summed E-state index contributed by atoms with van der Waals surface area (Å²) < 4.78 is 41.7. The van der Waals surface area contributed by atoms with Crippen LogP contribution in [0.3, 0.4) is 0 Å². The molecule has 1 unspecified atom stereocenters. The number of hydrogen-bond donors (Lipinski definition) is 1. The SMILES string of the molecule is CN(Cc1noc(-c2ccsc2)n1)CC(O)C(F)(F)F. The van der Waals surface area contributed by atoms with Crippen LogP contribution >= 0.6 is 11.3 Å². The molecule has 0 saturated carbocycles. The molecule has 5 nitrogen and oxygen atoms in total. The van der Waals surface area contributed by atoms with Crippen LogP contribution in [0.15, 0.2) is 21.3 Å². The van der Waals surface area contributed by atoms with Crippen molar-refractivity contribution in [1.29, 1.82) is 0 Å². The van der Waals surface area contributed by atoms with Crippen LogP contribution in [-0.4, -0.2) is 46.0 Å². The maximum atomic E-state index is 12.2. The van der Waals surface area contributed by atoms with E-state index in [9.17, 15) is 13.2 Å². The van der Waals surface area contributed by atoms with Crippen molar-refractivity contribution in [3.05, 3.63) is 22.7 Å². The topological polar surface area (TPSA) is 62.4 Å². The molecule has 2 rings (SSSR count). The average molecular weight is 307 g/mol. The zero-order valence-corrected chi connectivity index (χ0v) is 11.3. The maximum absolute atomic E-state index is 12.2. The highest BCUT2D eigenvalue weighted by molar-refractivity contribution is 7.08. The van der Waals surface area contributed by atoms with Gasteiger partial charge in [0.05, 0.1) is 12.1 Å². The van der Waals surface area contributed by atoms with E-state index in [-0.39, 0.29) is 12.4 Å². The van der Waals surface area contributed by atoms with E-state index in [4.69, 9.17) is 9.63 Å². The number of thiophene rings is 1. The second-order valence-electron chi connectivity index (χ2n) is 4.28. The van der Waals surface area contributed by atoms with Crippen molar-refractivity contribution in [3.8, 4) is 11.5 Å². The van der Waals surface area contributed by atoms with Gasteiger partial charge in [-0.05, 0) is 18.5 Å². The van der Waals surface area contributed by atoms with Crippen LogP contribution in [0.25, 0.3) is 11.5 Å². The zero-order chi connectivity index (χ0) is 14.8. The Bertz CT molecular complexity index is 541. The minimum Gasteiger partial charge on any atom is -0.382 e. The Labute approximate surface area is 116 Å². The molecule has 20 heavy (non-hydrogen) atoms. The van der Waals surface area contributed by atoms with E-state index in [1.165, 1.54) is 23.3 Å². The maximum Gasteiger partial charge on any atom is 0.415 e. The summed E-state index contributed by atoms with van der Waals surface area (Å²) in [5, 5.41) is 16.3. The van der Waals surface area contributed by atoms with Gasteiger partial charge in [0.15, 0.2) is 11.9 Å². The predicted molar refractivity (Wildman–Crippen MR) is 66.0 cm³/mol. The Kier molecular flexibility index (Phi) is 4.41.